The summed E-state index contributed by atoms with van der Waals surface area (Å²) in [5.41, 5.74) is 1.78. The highest BCUT2D eigenvalue weighted by atomic mass is 16.1. The molecule has 2 aromatic rings. The van der Waals surface area contributed by atoms with Gasteiger partial charge in [0.25, 0.3) is 0 Å². The third-order valence-corrected chi connectivity index (χ3v) is 3.68. The van der Waals surface area contributed by atoms with E-state index in [2.05, 4.69) is 4.98 Å². The maximum absolute atomic E-state index is 12.5. The second-order valence-corrected chi connectivity index (χ2v) is 4.80. The Balaban J connectivity index is 1.97. The average molecular weight is 228 g/mol. The number of imidazole rings is 1. The molecule has 0 spiro atoms. The third-order valence-electron chi connectivity index (χ3n) is 3.68. The van der Waals surface area contributed by atoms with Crippen LogP contribution < -0.4 is 0 Å². The lowest BCUT2D eigenvalue weighted by molar-refractivity contribution is 0.0883. The van der Waals surface area contributed by atoms with Crippen molar-refractivity contribution in [2.24, 2.45) is 5.92 Å². The zero-order valence-corrected chi connectivity index (χ0v) is 9.80. The highest BCUT2D eigenvalue weighted by Crippen LogP contribution is 2.27. The number of hydrogen-bond acceptors (Lipinski definition) is 2. The summed E-state index contributed by atoms with van der Waals surface area (Å²) >= 11 is 0. The van der Waals surface area contributed by atoms with E-state index in [-0.39, 0.29) is 11.7 Å². The van der Waals surface area contributed by atoms with Crippen LogP contribution in [0.15, 0.2) is 30.7 Å². The lowest BCUT2D eigenvalue weighted by Crippen LogP contribution is -2.20. The number of pyridine rings is 1. The highest BCUT2D eigenvalue weighted by Gasteiger charge is 2.23. The molecule has 17 heavy (non-hydrogen) atoms. The van der Waals surface area contributed by atoms with Gasteiger partial charge in [-0.05, 0) is 25.0 Å². The Labute approximate surface area is 100 Å². The second-order valence-electron chi connectivity index (χ2n) is 4.80. The fourth-order valence-electron chi connectivity index (χ4n) is 2.72. The molecule has 2 aromatic heterocycles. The van der Waals surface area contributed by atoms with Crippen LogP contribution in [-0.4, -0.2) is 15.2 Å². The molecule has 0 radical (unpaired) electrons. The van der Waals surface area contributed by atoms with E-state index in [0.29, 0.717) is 0 Å². The van der Waals surface area contributed by atoms with Crippen molar-refractivity contribution >= 4 is 11.3 Å². The molecule has 1 saturated carbocycles. The zero-order valence-electron chi connectivity index (χ0n) is 9.80. The lowest BCUT2D eigenvalue weighted by atomic mass is 9.85. The van der Waals surface area contributed by atoms with E-state index in [1.807, 2.05) is 22.6 Å². The van der Waals surface area contributed by atoms with Gasteiger partial charge in [0.05, 0.1) is 23.7 Å². The van der Waals surface area contributed by atoms with Crippen LogP contribution in [0, 0.1) is 5.92 Å². The molecule has 1 aliphatic carbocycles. The third kappa shape index (κ3) is 1.86. The van der Waals surface area contributed by atoms with Crippen molar-refractivity contribution in [3.05, 3.63) is 36.4 Å². The summed E-state index contributed by atoms with van der Waals surface area (Å²) in [4.78, 5) is 16.6. The maximum atomic E-state index is 12.5. The van der Waals surface area contributed by atoms with Crippen LogP contribution in [0.3, 0.4) is 0 Å². The summed E-state index contributed by atoms with van der Waals surface area (Å²) in [6.45, 7) is 0. The number of carbonyl (C=O) groups excluding carboxylic acids is 1. The van der Waals surface area contributed by atoms with E-state index >= 15 is 0 Å². The first-order chi connectivity index (χ1) is 8.36. The lowest BCUT2D eigenvalue weighted by Gasteiger charge is -2.20. The van der Waals surface area contributed by atoms with Gasteiger partial charge in [-0.2, -0.15) is 0 Å². The number of aromatic nitrogens is 2. The van der Waals surface area contributed by atoms with Crippen molar-refractivity contribution in [3.8, 4) is 0 Å². The van der Waals surface area contributed by atoms with Gasteiger partial charge in [0.15, 0.2) is 5.78 Å². The monoisotopic (exact) mass is 228 g/mol. The van der Waals surface area contributed by atoms with Gasteiger partial charge >= 0.3 is 0 Å². The van der Waals surface area contributed by atoms with Gasteiger partial charge in [-0.3, -0.25) is 9.20 Å². The zero-order chi connectivity index (χ0) is 11.7. The van der Waals surface area contributed by atoms with Crippen molar-refractivity contribution in [2.45, 2.75) is 32.1 Å². The molecule has 0 atom stereocenters. The van der Waals surface area contributed by atoms with Crippen molar-refractivity contribution in [1.29, 1.82) is 0 Å². The summed E-state index contributed by atoms with van der Waals surface area (Å²) in [5.74, 6) is 0.505. The van der Waals surface area contributed by atoms with Crippen LogP contribution in [-0.2, 0) is 0 Å². The maximum Gasteiger partial charge on any atom is 0.182 e. The van der Waals surface area contributed by atoms with E-state index in [1.165, 1.54) is 19.3 Å². The predicted molar refractivity (Wildman–Crippen MR) is 66.1 cm³/mol. The smallest absolute Gasteiger partial charge is 0.182 e. The van der Waals surface area contributed by atoms with Crippen LogP contribution >= 0.6 is 0 Å². The highest BCUT2D eigenvalue weighted by molar-refractivity contribution is 5.97. The Bertz CT molecular complexity index is 538. The summed E-state index contributed by atoms with van der Waals surface area (Å²) in [6.07, 6.45) is 9.27. The number of Topliss-reactive ketones (excluding diaryl/α,β-unsaturated/α-hetero) is 1. The Morgan fingerprint density at radius 1 is 1.24 bits per heavy atom. The van der Waals surface area contributed by atoms with Crippen LogP contribution in [0.1, 0.15) is 42.6 Å². The van der Waals surface area contributed by atoms with Crippen molar-refractivity contribution in [3.63, 3.8) is 0 Å². The van der Waals surface area contributed by atoms with E-state index in [9.17, 15) is 4.79 Å². The average Bonchev–Trinajstić information content (AvgIpc) is 2.87. The molecule has 2 heterocycles. The first-order valence-corrected chi connectivity index (χ1v) is 6.31. The van der Waals surface area contributed by atoms with E-state index in [0.717, 1.165) is 24.1 Å². The van der Waals surface area contributed by atoms with E-state index < -0.39 is 0 Å². The van der Waals surface area contributed by atoms with Gasteiger partial charge in [0, 0.05) is 5.92 Å². The number of fused-ring (bicyclic) bond motifs is 1. The number of hydrogen-bond donors (Lipinski definition) is 0. The van der Waals surface area contributed by atoms with Crippen molar-refractivity contribution < 1.29 is 4.79 Å². The molecule has 3 heteroatoms. The molecule has 0 aliphatic heterocycles. The minimum atomic E-state index is 0.219. The number of rotatable bonds is 2. The quantitative estimate of drug-likeness (QED) is 0.740. The number of nitrogens with zero attached hydrogens (tertiary/aromatic N) is 2. The van der Waals surface area contributed by atoms with Gasteiger partial charge < -0.3 is 0 Å². The molecule has 0 amide bonds. The van der Waals surface area contributed by atoms with E-state index in [1.54, 1.807) is 12.5 Å². The normalized spacial score (nSPS) is 17.4. The minimum Gasteiger partial charge on any atom is -0.296 e. The second kappa shape index (κ2) is 4.32. The Kier molecular flexibility index (Phi) is 2.67. The van der Waals surface area contributed by atoms with Gasteiger partial charge in [0.2, 0.25) is 0 Å². The Hall–Kier alpha value is -1.64. The molecular weight excluding hydrogens is 212 g/mol. The molecule has 0 N–H and O–H groups in total. The van der Waals surface area contributed by atoms with Crippen molar-refractivity contribution in [2.75, 3.05) is 0 Å². The van der Waals surface area contributed by atoms with Gasteiger partial charge in [-0.1, -0.05) is 25.3 Å². The van der Waals surface area contributed by atoms with Gasteiger partial charge in [0.1, 0.15) is 0 Å². The van der Waals surface area contributed by atoms with Gasteiger partial charge in [-0.25, -0.2) is 4.98 Å². The molecule has 0 unspecified atom stereocenters. The molecule has 3 rings (SSSR count). The molecule has 3 nitrogen and oxygen atoms in total. The topological polar surface area (TPSA) is 34.4 Å². The van der Waals surface area contributed by atoms with E-state index in [4.69, 9.17) is 0 Å². The molecule has 1 fully saturated rings. The molecule has 0 saturated heterocycles. The van der Waals surface area contributed by atoms with Crippen LogP contribution in [0.4, 0.5) is 0 Å². The number of carbonyl (C=O) groups is 1. The van der Waals surface area contributed by atoms with Crippen LogP contribution in [0.2, 0.25) is 0 Å². The first-order valence-electron chi connectivity index (χ1n) is 6.31. The fourth-order valence-corrected chi connectivity index (χ4v) is 2.72. The largest absolute Gasteiger partial charge is 0.296 e. The molecule has 1 aliphatic rings. The summed E-state index contributed by atoms with van der Waals surface area (Å²) in [7, 11) is 0. The SMILES string of the molecule is O=C(c1cccc2cncn12)C1CCCCC1. The van der Waals surface area contributed by atoms with Gasteiger partial charge in [-0.15, -0.1) is 0 Å². The first kappa shape index (κ1) is 10.5. The predicted octanol–water partition coefficient (Wildman–Crippen LogP) is 3.10. The standard InChI is InChI=1S/C14H16N2O/c17-14(11-5-2-1-3-6-11)13-8-4-7-12-9-15-10-16(12)13/h4,7-11H,1-3,5-6H2. The van der Waals surface area contributed by atoms with Crippen LogP contribution in [0.25, 0.3) is 5.52 Å². The molecule has 0 bridgehead atoms. The van der Waals surface area contributed by atoms with Crippen LogP contribution in [0.5, 0.6) is 0 Å². The minimum absolute atomic E-state index is 0.219. The van der Waals surface area contributed by atoms with Crippen molar-refractivity contribution in [1.82, 2.24) is 9.38 Å². The Morgan fingerprint density at radius 3 is 2.88 bits per heavy atom. The molecular formula is C14H16N2O. The summed E-state index contributed by atoms with van der Waals surface area (Å²) in [6, 6.07) is 5.82. The number of ketones is 1. The molecule has 0 aromatic carbocycles. The fraction of sp³-hybridized carbons (Fsp3) is 0.429. The molecule has 88 valence electrons. The summed E-state index contributed by atoms with van der Waals surface area (Å²) < 4.78 is 1.90. The Morgan fingerprint density at radius 2 is 2.06 bits per heavy atom. The summed E-state index contributed by atoms with van der Waals surface area (Å²) in [5, 5.41) is 0.